The number of rotatable bonds is 8. The van der Waals surface area contributed by atoms with Gasteiger partial charge in [-0.3, -0.25) is 19.4 Å². The summed E-state index contributed by atoms with van der Waals surface area (Å²) in [6.45, 7) is 10.9. The van der Waals surface area contributed by atoms with Crippen molar-refractivity contribution in [2.75, 3.05) is 61.1 Å². The zero-order valence-electron chi connectivity index (χ0n) is 37.1. The van der Waals surface area contributed by atoms with E-state index in [1.54, 1.807) is 7.11 Å². The van der Waals surface area contributed by atoms with Crippen molar-refractivity contribution in [3.63, 3.8) is 0 Å². The predicted molar refractivity (Wildman–Crippen MR) is 228 cm³/mol. The van der Waals surface area contributed by atoms with Crippen LogP contribution < -0.4 is 0 Å². The number of fused-ring (bicyclic) bond motifs is 6. The zero-order valence-corrected chi connectivity index (χ0v) is 37.1. The quantitative estimate of drug-likeness (QED) is 0.199. The first-order chi connectivity index (χ1) is 29.2. The number of likely N-dealkylation sites (N-methyl/N-ethyl adjacent to an activating group) is 1. The van der Waals surface area contributed by atoms with Gasteiger partial charge < -0.3 is 39.0 Å². The Morgan fingerprint density at radius 1 is 0.967 bits per heavy atom. The fourth-order valence-corrected chi connectivity index (χ4v) is 14.3. The molecule has 1 saturated carbocycles. The van der Waals surface area contributed by atoms with Gasteiger partial charge in [0.15, 0.2) is 6.10 Å². The van der Waals surface area contributed by atoms with Gasteiger partial charge in [-0.2, -0.15) is 0 Å². The molecule has 61 heavy (non-hydrogen) atoms. The maximum absolute atomic E-state index is 15.5. The maximum Gasteiger partial charge on any atom is 0.344 e. The Labute approximate surface area is 359 Å². The highest BCUT2D eigenvalue weighted by Crippen LogP contribution is 2.70. The van der Waals surface area contributed by atoms with Gasteiger partial charge in [-0.15, -0.1) is 0 Å². The number of carbonyl (C=O) groups is 3. The fraction of sp³-hybridized carbons (Fsp3) is 0.646. The number of aliphatic hydroxyl groups is 2. The summed E-state index contributed by atoms with van der Waals surface area (Å²) < 4.78 is 24.2. The Kier molecular flexibility index (Phi) is 10.3. The van der Waals surface area contributed by atoms with E-state index in [1.807, 2.05) is 25.8 Å². The predicted octanol–water partition coefficient (Wildman–Crippen LogP) is 4.20. The number of methoxy groups -OCH3 is 3. The van der Waals surface area contributed by atoms with Crippen molar-refractivity contribution in [2.24, 2.45) is 22.7 Å². The number of aryl methyl sites for hydroxylation is 1. The van der Waals surface area contributed by atoms with E-state index in [4.69, 9.17) is 18.9 Å². The number of piperidine rings is 1. The van der Waals surface area contributed by atoms with Crippen LogP contribution in [0.2, 0.25) is 0 Å². The molecule has 7 aliphatic rings. The van der Waals surface area contributed by atoms with E-state index in [0.717, 1.165) is 52.9 Å². The van der Waals surface area contributed by atoms with Crippen molar-refractivity contribution in [3.8, 4) is 0 Å². The zero-order chi connectivity index (χ0) is 43.4. The average molecular weight is 841 g/mol. The molecule has 2 bridgehead atoms. The van der Waals surface area contributed by atoms with E-state index in [1.165, 1.54) is 26.7 Å². The molecular weight excluding hydrogens is 777 g/mol. The van der Waals surface area contributed by atoms with Gasteiger partial charge >= 0.3 is 17.9 Å². The summed E-state index contributed by atoms with van der Waals surface area (Å²) in [5, 5.41) is 26.5. The second kappa shape index (κ2) is 14.8. The van der Waals surface area contributed by atoms with Crippen LogP contribution in [0.5, 0.6) is 0 Å². The van der Waals surface area contributed by atoms with Gasteiger partial charge in [-0.25, -0.2) is 4.79 Å². The lowest BCUT2D eigenvalue weighted by Crippen LogP contribution is -2.79. The molecule has 4 fully saturated rings. The molecule has 2 aliphatic carbocycles. The Hall–Kier alpha value is -4.01. The first kappa shape index (κ1) is 42.3. The first-order valence-corrected chi connectivity index (χ1v) is 22.4. The van der Waals surface area contributed by atoms with Crippen molar-refractivity contribution in [2.45, 2.75) is 114 Å². The number of hydrogen-bond donors (Lipinski definition) is 3. The molecule has 13 heteroatoms. The van der Waals surface area contributed by atoms with Crippen LogP contribution >= 0.6 is 0 Å². The molecule has 1 aromatic heterocycles. The number of aromatic nitrogens is 1. The van der Waals surface area contributed by atoms with Gasteiger partial charge in [0.1, 0.15) is 5.41 Å². The number of benzene rings is 1. The summed E-state index contributed by atoms with van der Waals surface area (Å²) in [5.74, 6) is -2.52. The minimum atomic E-state index is -2.29. The number of ether oxygens (including phenoxy) is 4. The maximum atomic E-state index is 15.5. The third-order valence-corrected chi connectivity index (χ3v) is 16.6. The highest BCUT2D eigenvalue weighted by atomic mass is 16.6. The number of likely N-dealkylation sites (tertiary alicyclic amines) is 1. The van der Waals surface area contributed by atoms with Gasteiger partial charge in [-0.05, 0) is 92.3 Å². The molecule has 330 valence electrons. The average Bonchev–Trinajstić information content (AvgIpc) is 3.92. The number of allylic oxidation sites excluding steroid dienone is 1. The molecule has 3 N–H and O–H groups in total. The lowest BCUT2D eigenvalue weighted by atomic mass is 9.47. The minimum Gasteiger partial charge on any atom is -0.468 e. The number of nitrogens with zero attached hydrogens (tertiary/aromatic N) is 3. The summed E-state index contributed by atoms with van der Waals surface area (Å²) in [7, 11) is 6.29. The summed E-state index contributed by atoms with van der Waals surface area (Å²) in [4.78, 5) is 53.6. The van der Waals surface area contributed by atoms with Crippen molar-refractivity contribution in [1.29, 1.82) is 0 Å². The molecule has 9 rings (SSSR count). The normalized spacial score (nSPS) is 40.0. The van der Waals surface area contributed by atoms with Crippen LogP contribution in [0.25, 0.3) is 10.9 Å². The molecule has 2 aromatic rings. The second-order valence-corrected chi connectivity index (χ2v) is 19.2. The fourth-order valence-electron chi connectivity index (χ4n) is 14.3. The van der Waals surface area contributed by atoms with Gasteiger partial charge in [0.05, 0.1) is 32.0 Å². The topological polar surface area (TPSA) is 154 Å². The Balaban J connectivity index is 1.34. The summed E-state index contributed by atoms with van der Waals surface area (Å²) in [6.07, 6.45) is 10.7. The van der Waals surface area contributed by atoms with Gasteiger partial charge in [0, 0.05) is 92.3 Å². The highest BCUT2D eigenvalue weighted by Gasteiger charge is 2.81. The summed E-state index contributed by atoms with van der Waals surface area (Å²) in [6, 6.07) is 5.32. The molecular formula is C48H64N4O9. The number of aromatic amines is 1. The van der Waals surface area contributed by atoms with Crippen molar-refractivity contribution in [3.05, 3.63) is 70.6 Å². The number of nitrogens with one attached hydrogen (secondary N) is 1. The van der Waals surface area contributed by atoms with Gasteiger partial charge in [0.25, 0.3) is 0 Å². The minimum absolute atomic E-state index is 0.0680. The lowest BCUT2D eigenvalue weighted by Gasteiger charge is -2.63. The molecule has 5 aliphatic heterocycles. The lowest BCUT2D eigenvalue weighted by molar-refractivity contribution is -0.243. The van der Waals surface area contributed by atoms with Gasteiger partial charge in [0.2, 0.25) is 5.60 Å². The van der Waals surface area contributed by atoms with Crippen LogP contribution in [0.4, 0.5) is 0 Å². The molecule has 1 aromatic carbocycles. The van der Waals surface area contributed by atoms with Crippen molar-refractivity contribution in [1.82, 2.24) is 19.7 Å². The van der Waals surface area contributed by atoms with Crippen LogP contribution in [-0.2, 0) is 51.6 Å². The Morgan fingerprint density at radius 2 is 1.74 bits per heavy atom. The SMILES string of the molecule is CCc1ccc2[nH]c3c(c2c1)CCN1C[C@H](C[C@@](O)(CC)C1)C[C@]3(C(=O)OC)C1C=C2C(=CC1OC)N(C)[C@H]1[C@@](O)(C(=O)OC)[C@H](OC(C)=O)[C@]3(CC)C=CCN4CC[C@]21[C@@H]43. The second-order valence-electron chi connectivity index (χ2n) is 19.2. The van der Waals surface area contributed by atoms with E-state index in [0.29, 0.717) is 58.2 Å². The third-order valence-electron chi connectivity index (χ3n) is 16.6. The van der Waals surface area contributed by atoms with Crippen LogP contribution in [0, 0.1) is 22.7 Å². The number of esters is 3. The highest BCUT2D eigenvalue weighted by molar-refractivity contribution is 5.92. The standard InChI is InChI=1S/C48H64N4O9/c1-9-29-13-14-35-32(21-29)31-15-19-51-26-30(24-44(56,10-2)27-51)25-47(38(31)49-35,42(54)59-7)34-22-33-36(23-37(34)58-6)50(5)40-46(33)17-20-52-18-12-16-45(11-3,39(46)52)41(61-28(4)53)48(40,57)43(55)60-8/h12-14,16,21-23,30,34,37,39-41,49,56-57H,9-11,15,17-20,24-27H2,1-8H3/t30-,34?,37?,39+,40-,41-,44+,45-,46-,47+,48+/m1/s1. The molecule has 3 unspecified atom stereocenters. The molecule has 1 spiro atoms. The van der Waals surface area contributed by atoms with Crippen LogP contribution in [0.3, 0.4) is 0 Å². The summed E-state index contributed by atoms with van der Waals surface area (Å²) >= 11 is 0. The van der Waals surface area contributed by atoms with Crippen LogP contribution in [0.15, 0.2) is 53.8 Å². The van der Waals surface area contributed by atoms with E-state index in [9.17, 15) is 19.8 Å². The van der Waals surface area contributed by atoms with Crippen molar-refractivity contribution >= 4 is 28.8 Å². The number of carbonyl (C=O) groups excluding carboxylic acids is 3. The number of H-pyrrole nitrogens is 1. The van der Waals surface area contributed by atoms with E-state index in [2.05, 4.69) is 64.2 Å². The van der Waals surface area contributed by atoms with E-state index < -0.39 is 63.6 Å². The monoisotopic (exact) mass is 840 g/mol. The van der Waals surface area contributed by atoms with Gasteiger partial charge in [-0.1, -0.05) is 45.1 Å². The molecule has 3 saturated heterocycles. The molecule has 0 radical (unpaired) electrons. The largest absolute Gasteiger partial charge is 0.468 e. The smallest absolute Gasteiger partial charge is 0.344 e. The first-order valence-electron chi connectivity index (χ1n) is 22.4. The number of hydrogen-bond acceptors (Lipinski definition) is 12. The van der Waals surface area contributed by atoms with Crippen LogP contribution in [0.1, 0.15) is 76.6 Å². The molecule has 12 atom stereocenters. The third kappa shape index (κ3) is 5.65. The van der Waals surface area contributed by atoms with E-state index >= 15 is 4.79 Å². The van der Waals surface area contributed by atoms with Crippen molar-refractivity contribution < 1.29 is 43.5 Å². The molecule has 0 amide bonds. The van der Waals surface area contributed by atoms with E-state index in [-0.39, 0.29) is 17.9 Å². The summed E-state index contributed by atoms with van der Waals surface area (Å²) in [5.41, 5.74) is -0.578. The molecule has 6 heterocycles. The Bertz CT molecular complexity index is 2230. The molecule has 13 nitrogen and oxygen atoms in total. The van der Waals surface area contributed by atoms with Crippen LogP contribution in [-0.4, -0.2) is 144 Å². The Morgan fingerprint density at radius 3 is 2.41 bits per heavy atom.